The van der Waals surface area contributed by atoms with E-state index in [-0.39, 0.29) is 5.91 Å². The SMILES string of the molecule is CC(=O)N1CCC(N2CCN(c3cnc4c(-c5ccnc6ccccc56)cnn4c3)CC2)CC1.CN1CCN(C2CCN(c3cnc4c(-c5ccc(NS(=O)[O-])c6ccccc56)cnn4c3)CC2)CC1.c1ccc2c(-c3cnn4cc(N5CCN(C6CCNCC6)CC5)cnc34)ccnc2c1.c1ccc2c(-c3cnn4cc(N5CCNCC5)cnc34)ccnc2c1. The Morgan fingerprint density at radius 1 is 0.349 bits per heavy atom. The van der Waals surface area contributed by atoms with Crippen LogP contribution in [0.25, 0.3) is 111 Å². The molecule has 126 heavy (non-hydrogen) atoms. The topological polar surface area (TPSA) is 282 Å². The number of likely N-dealkylation sites (tertiary alicyclic amines) is 1. The first-order valence-electron chi connectivity index (χ1n) is 44.3. The molecule has 644 valence electrons. The molecule has 1 atom stereocenters. The molecule has 0 radical (unpaired) electrons. The summed E-state index contributed by atoms with van der Waals surface area (Å²) in [5, 5.41) is 30.4. The summed E-state index contributed by atoms with van der Waals surface area (Å²) < 4.78 is 32.5. The zero-order valence-corrected chi connectivity index (χ0v) is 72.0. The van der Waals surface area contributed by atoms with Crippen LogP contribution < -0.4 is 35.0 Å². The van der Waals surface area contributed by atoms with Gasteiger partial charge in [-0.2, -0.15) is 20.4 Å². The Morgan fingerprint density at radius 3 is 1.08 bits per heavy atom. The second-order valence-electron chi connectivity index (χ2n) is 33.8. The summed E-state index contributed by atoms with van der Waals surface area (Å²) in [7, 11) is 2.21. The maximum atomic E-state index is 11.6. The Labute approximate surface area is 733 Å². The van der Waals surface area contributed by atoms with Gasteiger partial charge in [0.1, 0.15) is 0 Å². The van der Waals surface area contributed by atoms with Gasteiger partial charge in [0, 0.05) is 230 Å². The number of nitrogens with one attached hydrogen (secondary N) is 3. The highest BCUT2D eigenvalue weighted by Gasteiger charge is 2.32. The zero-order chi connectivity index (χ0) is 85.0. The highest BCUT2D eigenvalue weighted by atomic mass is 32.2. The normalized spacial score (nSPS) is 18.0. The third-order valence-electron chi connectivity index (χ3n) is 26.6. The second kappa shape index (κ2) is 36.9. The van der Waals surface area contributed by atoms with Crippen LogP contribution in [0.4, 0.5) is 28.4 Å². The van der Waals surface area contributed by atoms with Crippen molar-refractivity contribution in [2.45, 2.75) is 63.6 Å². The molecule has 7 fully saturated rings. The Bertz CT molecular complexity index is 6550. The minimum Gasteiger partial charge on any atom is -0.755 e. The molecule has 30 nitrogen and oxygen atoms in total. The predicted octanol–water partition coefficient (Wildman–Crippen LogP) is 11.2. The summed E-state index contributed by atoms with van der Waals surface area (Å²) in [6, 6.07) is 44.1. The number of hydrogen-bond donors (Lipinski definition) is 3. The number of pyridine rings is 3. The maximum absolute atomic E-state index is 11.6. The van der Waals surface area contributed by atoms with Crippen LogP contribution in [0, 0.1) is 0 Å². The van der Waals surface area contributed by atoms with Gasteiger partial charge in [0.2, 0.25) is 5.91 Å². The summed E-state index contributed by atoms with van der Waals surface area (Å²) in [5.41, 5.74) is 19.7. The fourth-order valence-electron chi connectivity index (χ4n) is 19.6. The van der Waals surface area contributed by atoms with Crippen LogP contribution in [0.5, 0.6) is 0 Å². The highest BCUT2D eigenvalue weighted by Crippen LogP contribution is 2.39. The van der Waals surface area contributed by atoms with Crippen LogP contribution in [0.2, 0.25) is 0 Å². The average molecular weight is 1700 g/mol. The van der Waals surface area contributed by atoms with E-state index in [1.807, 2.05) is 188 Å². The molecule has 23 rings (SSSR count). The van der Waals surface area contributed by atoms with Gasteiger partial charge in [-0.3, -0.25) is 38.7 Å². The number of aromatic nitrogens is 15. The van der Waals surface area contributed by atoms with Gasteiger partial charge in [0.15, 0.2) is 22.6 Å². The van der Waals surface area contributed by atoms with Crippen LogP contribution >= 0.6 is 0 Å². The van der Waals surface area contributed by atoms with Crippen LogP contribution in [-0.4, -0.2) is 282 Å². The Hall–Kier alpha value is -12.6. The van der Waals surface area contributed by atoms with Gasteiger partial charge >= 0.3 is 0 Å². The predicted molar refractivity (Wildman–Crippen MR) is 498 cm³/mol. The molecule has 3 N–H and O–H groups in total. The van der Waals surface area contributed by atoms with E-state index in [0.29, 0.717) is 17.8 Å². The molecule has 18 heterocycles. The monoisotopic (exact) mass is 1700 g/mol. The number of benzene rings is 5. The number of piperidine rings is 3. The second-order valence-corrected chi connectivity index (χ2v) is 34.5. The number of rotatable bonds is 13. The number of para-hydroxylation sites is 3. The lowest BCUT2D eigenvalue weighted by molar-refractivity contribution is -0.130. The van der Waals surface area contributed by atoms with Crippen molar-refractivity contribution < 1.29 is 13.6 Å². The molecule has 16 aromatic rings. The smallest absolute Gasteiger partial charge is 0.219 e. The van der Waals surface area contributed by atoms with E-state index < -0.39 is 11.3 Å². The number of amides is 1. The lowest BCUT2D eigenvalue weighted by Gasteiger charge is -2.43. The zero-order valence-electron chi connectivity index (χ0n) is 71.2. The van der Waals surface area contributed by atoms with Gasteiger partial charge in [0.05, 0.1) is 119 Å². The van der Waals surface area contributed by atoms with Gasteiger partial charge in [-0.05, 0) is 129 Å². The van der Waals surface area contributed by atoms with E-state index in [1.54, 1.807) is 13.0 Å². The molecule has 0 spiro atoms. The fraction of sp³-hybridized carbons (Fsp3) is 0.347. The number of anilines is 5. The molecular weight excluding hydrogens is 1600 g/mol. The molecule has 7 aliphatic rings. The number of carbonyl (C=O) groups is 1. The Kier molecular flexibility index (Phi) is 23.9. The van der Waals surface area contributed by atoms with Crippen molar-refractivity contribution in [3.05, 3.63) is 220 Å². The number of hydrogen-bond acceptors (Lipinski definition) is 24. The molecule has 11 aromatic heterocycles. The molecule has 1 amide bonds. The van der Waals surface area contributed by atoms with Crippen molar-refractivity contribution in [3.63, 3.8) is 0 Å². The molecular formula is C95H104N27O3S-. The number of likely N-dealkylation sites (N-methyl/N-ethyl adjacent to an activating group) is 1. The summed E-state index contributed by atoms with van der Waals surface area (Å²) in [6.07, 6.45) is 36.4. The standard InChI is InChI=1S/C26H31N7O2S.C26H29N7O.C24H27N7.C19H18N6/c1-30-12-14-32(15-13-30)19-8-10-31(11-9-19)20-16-27-26-24(17-28-33(26)18-20)22-6-7-25(29-36(34)35)23-5-3-2-4-21(22)23;1-19(34)30-10-7-20(8-11-30)31-12-14-32(15-13-31)21-16-28-26-24(17-29-33(26)18-21)22-6-9-27-25-5-3-2-4-23(22)25;1-2-4-23-21(3-1)20(7-10-26-23)22-16-28-31-17-19(15-27-24(22)31)30-13-11-29(12-14-30)18-5-8-25-9-6-18;1-2-4-18-16(3-1)15(5-6-21-18)17-12-23-25-13-14(11-22-19(17)25)24-9-7-20-8-10-24/h2-7,16-19,29H,8-15H2,1H3,(H,34,35);2-6,9,16-18,20H,7-8,10-15H2,1H3;1-4,7,10,15-18,25H,5-6,8-9,11-14H2;1-6,11-13,20H,7-10H2/p-1. The Morgan fingerprint density at radius 2 is 0.683 bits per heavy atom. The van der Waals surface area contributed by atoms with E-state index in [9.17, 15) is 13.6 Å². The van der Waals surface area contributed by atoms with Crippen molar-refractivity contribution >= 4 is 112 Å². The van der Waals surface area contributed by atoms with Gasteiger partial charge in [0.25, 0.3) is 0 Å². The minimum atomic E-state index is -2.39. The lowest BCUT2D eigenvalue weighted by Crippen LogP contribution is -2.53. The van der Waals surface area contributed by atoms with E-state index in [1.165, 1.54) is 38.8 Å². The van der Waals surface area contributed by atoms with E-state index in [0.717, 1.165) is 283 Å². The van der Waals surface area contributed by atoms with Gasteiger partial charge < -0.3 is 49.3 Å². The Balaban J connectivity index is 0.000000107. The third-order valence-corrected chi connectivity index (χ3v) is 27.0. The third kappa shape index (κ3) is 17.3. The fourth-order valence-corrected chi connectivity index (χ4v) is 19.9. The first kappa shape index (κ1) is 81.7. The van der Waals surface area contributed by atoms with Crippen molar-refractivity contribution in [1.29, 1.82) is 0 Å². The van der Waals surface area contributed by atoms with Crippen LogP contribution in [0.15, 0.2) is 220 Å². The van der Waals surface area contributed by atoms with Crippen molar-refractivity contribution in [3.8, 4) is 44.5 Å². The number of nitrogens with zero attached hydrogens (tertiary/aromatic N) is 24. The van der Waals surface area contributed by atoms with Crippen molar-refractivity contribution in [2.75, 3.05) is 175 Å². The summed E-state index contributed by atoms with van der Waals surface area (Å²) in [6.45, 7) is 24.8. The molecule has 7 saturated heterocycles. The van der Waals surface area contributed by atoms with Crippen molar-refractivity contribution in [2.24, 2.45) is 0 Å². The van der Waals surface area contributed by atoms with Gasteiger partial charge in [-0.25, -0.2) is 38.0 Å². The highest BCUT2D eigenvalue weighted by molar-refractivity contribution is 7.80. The van der Waals surface area contributed by atoms with E-state index in [2.05, 4.69) is 146 Å². The molecule has 0 saturated carbocycles. The summed E-state index contributed by atoms with van der Waals surface area (Å²) in [4.78, 5) is 66.1. The molecule has 5 aromatic carbocycles. The van der Waals surface area contributed by atoms with Crippen LogP contribution in [0.1, 0.15) is 45.4 Å². The van der Waals surface area contributed by atoms with E-state index >= 15 is 0 Å². The van der Waals surface area contributed by atoms with Gasteiger partial charge in [-0.15, -0.1) is 0 Å². The largest absolute Gasteiger partial charge is 0.755 e. The maximum Gasteiger partial charge on any atom is 0.219 e. The molecule has 31 heteroatoms. The van der Waals surface area contributed by atoms with E-state index in [4.69, 9.17) is 19.9 Å². The number of carbonyl (C=O) groups excluding carboxylic acids is 1. The average Bonchev–Trinajstić information content (AvgIpc) is 1.63. The molecule has 1 unspecified atom stereocenters. The van der Waals surface area contributed by atoms with Crippen molar-refractivity contribution in [1.82, 2.24) is 108 Å². The lowest BCUT2D eigenvalue weighted by atomic mass is 9.99. The summed E-state index contributed by atoms with van der Waals surface area (Å²) in [5.74, 6) is 0.199. The number of piperazine rings is 4. The minimum absolute atomic E-state index is 0.199. The number of fused-ring (bicyclic) bond motifs is 8. The quantitative estimate of drug-likeness (QED) is 0.0904. The molecule has 0 bridgehead atoms. The van der Waals surface area contributed by atoms with Crippen LogP contribution in [-0.2, 0) is 16.1 Å². The first-order valence-corrected chi connectivity index (χ1v) is 45.4. The first-order chi connectivity index (χ1) is 62.0. The molecule has 7 aliphatic heterocycles. The summed E-state index contributed by atoms with van der Waals surface area (Å²) >= 11 is -2.39. The van der Waals surface area contributed by atoms with Gasteiger partial charge in [-0.1, -0.05) is 84.9 Å². The molecule has 0 aliphatic carbocycles. The van der Waals surface area contributed by atoms with Crippen LogP contribution in [0.3, 0.4) is 0 Å².